The molecule has 3 aromatic rings. The van der Waals surface area contributed by atoms with Crippen LogP contribution in [0.3, 0.4) is 0 Å². The summed E-state index contributed by atoms with van der Waals surface area (Å²) in [6.45, 7) is 2.87. The number of aromatic amines is 1. The van der Waals surface area contributed by atoms with E-state index in [0.717, 1.165) is 11.3 Å². The van der Waals surface area contributed by atoms with Gasteiger partial charge in [-0.1, -0.05) is 23.5 Å². The maximum atomic E-state index is 6.04. The van der Waals surface area contributed by atoms with Gasteiger partial charge in [-0.15, -0.1) is 10.2 Å². The third-order valence-electron chi connectivity index (χ3n) is 3.95. The van der Waals surface area contributed by atoms with Gasteiger partial charge >= 0.3 is 0 Å². The van der Waals surface area contributed by atoms with E-state index in [1.807, 2.05) is 49.4 Å². The number of nitrogens with zero attached hydrogens (tertiary/aromatic N) is 3. The molecule has 0 radical (unpaired) electrons. The van der Waals surface area contributed by atoms with Crippen LogP contribution in [0.5, 0.6) is 17.2 Å². The van der Waals surface area contributed by atoms with Crippen molar-refractivity contribution in [3.8, 4) is 17.2 Å². The number of para-hydroxylation sites is 1. The van der Waals surface area contributed by atoms with Crippen LogP contribution in [0.4, 0.5) is 5.69 Å². The highest BCUT2D eigenvalue weighted by Gasteiger charge is 2.28. The molecule has 0 spiro atoms. The first-order valence-electron chi connectivity index (χ1n) is 8.44. The SMILES string of the molecule is CCOc1ccc(C(=S)Nc2cccc3c2OC(c2nn[nH]n2)CO3)cc1. The predicted octanol–water partition coefficient (Wildman–Crippen LogP) is 2.90. The van der Waals surface area contributed by atoms with E-state index in [0.29, 0.717) is 41.2 Å². The molecule has 4 rings (SSSR count). The molecule has 0 saturated heterocycles. The van der Waals surface area contributed by atoms with Crippen LogP contribution in [0, 0.1) is 0 Å². The average molecular weight is 383 g/mol. The van der Waals surface area contributed by atoms with E-state index < -0.39 is 6.10 Å². The fourth-order valence-corrected chi connectivity index (χ4v) is 2.93. The number of H-pyrrole nitrogens is 1. The lowest BCUT2D eigenvalue weighted by atomic mass is 10.2. The summed E-state index contributed by atoms with van der Waals surface area (Å²) in [5, 5.41) is 17.1. The summed E-state index contributed by atoms with van der Waals surface area (Å²) in [6, 6.07) is 13.2. The lowest BCUT2D eigenvalue weighted by Gasteiger charge is -2.26. The third-order valence-corrected chi connectivity index (χ3v) is 4.29. The number of hydrogen-bond donors (Lipinski definition) is 2. The fourth-order valence-electron chi connectivity index (χ4n) is 2.69. The van der Waals surface area contributed by atoms with Crippen LogP contribution in [0.2, 0.25) is 0 Å². The van der Waals surface area contributed by atoms with Crippen LogP contribution in [-0.4, -0.2) is 38.8 Å². The van der Waals surface area contributed by atoms with E-state index in [1.54, 1.807) is 0 Å². The van der Waals surface area contributed by atoms with Gasteiger partial charge in [-0.2, -0.15) is 5.21 Å². The molecule has 2 N–H and O–H groups in total. The number of ether oxygens (including phenoxy) is 3. The first-order chi connectivity index (χ1) is 13.2. The van der Waals surface area contributed by atoms with Gasteiger partial charge in [-0.25, -0.2) is 0 Å². The van der Waals surface area contributed by atoms with Crippen LogP contribution in [0.15, 0.2) is 42.5 Å². The van der Waals surface area contributed by atoms with E-state index in [4.69, 9.17) is 26.4 Å². The first kappa shape index (κ1) is 17.2. The van der Waals surface area contributed by atoms with E-state index >= 15 is 0 Å². The molecule has 1 atom stereocenters. The van der Waals surface area contributed by atoms with Gasteiger partial charge < -0.3 is 19.5 Å². The highest BCUT2D eigenvalue weighted by atomic mass is 32.1. The quantitative estimate of drug-likeness (QED) is 0.650. The Kier molecular flexibility index (Phi) is 4.84. The monoisotopic (exact) mass is 383 g/mol. The molecule has 0 bridgehead atoms. The van der Waals surface area contributed by atoms with E-state index in [-0.39, 0.29) is 0 Å². The minimum atomic E-state index is -0.446. The highest BCUT2D eigenvalue weighted by Crippen LogP contribution is 2.41. The molecule has 2 aromatic carbocycles. The Bertz CT molecular complexity index is 931. The topological polar surface area (TPSA) is 94.2 Å². The molecular formula is C18H17N5O3S. The Morgan fingerprint density at radius 2 is 2.15 bits per heavy atom. The third kappa shape index (κ3) is 3.68. The van der Waals surface area contributed by atoms with Gasteiger partial charge in [-0.05, 0) is 43.3 Å². The predicted molar refractivity (Wildman–Crippen MR) is 102 cm³/mol. The van der Waals surface area contributed by atoms with Crippen molar-refractivity contribution in [2.45, 2.75) is 13.0 Å². The van der Waals surface area contributed by atoms with Crippen molar-refractivity contribution < 1.29 is 14.2 Å². The van der Waals surface area contributed by atoms with Crippen molar-refractivity contribution in [3.63, 3.8) is 0 Å². The molecule has 2 heterocycles. The molecule has 27 heavy (non-hydrogen) atoms. The van der Waals surface area contributed by atoms with E-state index in [1.165, 1.54) is 0 Å². The van der Waals surface area contributed by atoms with Gasteiger partial charge in [0.15, 0.2) is 17.6 Å². The number of hydrogen-bond acceptors (Lipinski definition) is 7. The zero-order valence-electron chi connectivity index (χ0n) is 14.5. The standard InChI is InChI=1S/C18H17N5O3S/c1-2-24-12-8-6-11(7-9-12)18(27)19-13-4-3-5-14-16(13)26-15(10-25-14)17-20-22-23-21-17/h3-9,15H,2,10H2,1H3,(H,19,27)(H,20,21,22,23). The van der Waals surface area contributed by atoms with Crippen LogP contribution < -0.4 is 19.5 Å². The second-order valence-corrected chi connectivity index (χ2v) is 6.14. The molecule has 1 aliphatic rings. The fraction of sp³-hybridized carbons (Fsp3) is 0.222. The second kappa shape index (κ2) is 7.58. The lowest BCUT2D eigenvalue weighted by Crippen LogP contribution is -2.24. The maximum absolute atomic E-state index is 6.04. The molecular weight excluding hydrogens is 366 g/mol. The van der Waals surface area contributed by atoms with Crippen molar-refractivity contribution in [3.05, 3.63) is 53.9 Å². The molecule has 9 heteroatoms. The maximum Gasteiger partial charge on any atom is 0.218 e. The number of benzene rings is 2. The Balaban J connectivity index is 1.54. The van der Waals surface area contributed by atoms with Crippen LogP contribution in [0.1, 0.15) is 24.4 Å². The van der Waals surface area contributed by atoms with Gasteiger partial charge in [0.2, 0.25) is 5.82 Å². The van der Waals surface area contributed by atoms with Crippen molar-refractivity contribution in [1.82, 2.24) is 20.6 Å². The van der Waals surface area contributed by atoms with Gasteiger partial charge in [0.25, 0.3) is 0 Å². The molecule has 0 aliphatic carbocycles. The van der Waals surface area contributed by atoms with Crippen molar-refractivity contribution >= 4 is 22.9 Å². The first-order valence-corrected chi connectivity index (χ1v) is 8.85. The van der Waals surface area contributed by atoms with Crippen molar-refractivity contribution in [1.29, 1.82) is 0 Å². The minimum absolute atomic E-state index is 0.305. The Hall–Kier alpha value is -3.20. The number of anilines is 1. The number of thiocarbonyl (C=S) groups is 1. The van der Waals surface area contributed by atoms with Crippen LogP contribution in [0.25, 0.3) is 0 Å². The lowest BCUT2D eigenvalue weighted by molar-refractivity contribution is 0.0861. The van der Waals surface area contributed by atoms with E-state index in [2.05, 4.69) is 25.9 Å². The van der Waals surface area contributed by atoms with Gasteiger partial charge in [0, 0.05) is 5.56 Å². The van der Waals surface area contributed by atoms with Gasteiger partial charge in [0.05, 0.1) is 12.3 Å². The summed E-state index contributed by atoms with van der Waals surface area (Å²) in [5.74, 6) is 2.44. The molecule has 138 valence electrons. The molecule has 1 aromatic heterocycles. The summed E-state index contributed by atoms with van der Waals surface area (Å²) in [5.41, 5.74) is 1.58. The zero-order valence-corrected chi connectivity index (χ0v) is 15.3. The smallest absolute Gasteiger partial charge is 0.218 e. The van der Waals surface area contributed by atoms with Gasteiger partial charge in [-0.3, -0.25) is 0 Å². The summed E-state index contributed by atoms with van der Waals surface area (Å²) in [4.78, 5) is 0.566. The molecule has 8 nitrogen and oxygen atoms in total. The molecule has 1 aliphatic heterocycles. The minimum Gasteiger partial charge on any atom is -0.494 e. The van der Waals surface area contributed by atoms with Gasteiger partial charge in [0.1, 0.15) is 17.3 Å². The second-order valence-electron chi connectivity index (χ2n) is 5.73. The molecule has 0 fully saturated rings. The molecule has 0 amide bonds. The average Bonchev–Trinajstić information content (AvgIpc) is 3.23. The van der Waals surface area contributed by atoms with Crippen molar-refractivity contribution in [2.24, 2.45) is 0 Å². The number of tetrazole rings is 1. The largest absolute Gasteiger partial charge is 0.494 e. The van der Waals surface area contributed by atoms with Crippen LogP contribution in [-0.2, 0) is 0 Å². The number of nitrogens with one attached hydrogen (secondary N) is 2. The highest BCUT2D eigenvalue weighted by molar-refractivity contribution is 7.81. The molecule has 1 unspecified atom stereocenters. The summed E-state index contributed by atoms with van der Waals surface area (Å²) in [6.07, 6.45) is -0.446. The number of rotatable bonds is 5. The van der Waals surface area contributed by atoms with E-state index in [9.17, 15) is 0 Å². The summed E-state index contributed by atoms with van der Waals surface area (Å²) < 4.78 is 17.3. The Labute approximate surface area is 160 Å². The Morgan fingerprint density at radius 3 is 2.89 bits per heavy atom. The van der Waals surface area contributed by atoms with Crippen molar-refractivity contribution in [2.75, 3.05) is 18.5 Å². The number of fused-ring (bicyclic) bond motifs is 1. The summed E-state index contributed by atoms with van der Waals surface area (Å²) >= 11 is 5.54. The normalized spacial score (nSPS) is 15.2. The zero-order chi connectivity index (χ0) is 18.6. The number of aromatic nitrogens is 4. The summed E-state index contributed by atoms with van der Waals surface area (Å²) in [7, 11) is 0. The Morgan fingerprint density at radius 1 is 1.30 bits per heavy atom. The van der Waals surface area contributed by atoms with Crippen LogP contribution >= 0.6 is 12.2 Å². The molecule has 0 saturated carbocycles.